The lowest BCUT2D eigenvalue weighted by Crippen LogP contribution is -2.33. The molecule has 1 aromatic heterocycles. The summed E-state index contributed by atoms with van der Waals surface area (Å²) in [6.07, 6.45) is 0.959. The molecular formula is C21H23N5OS2. The number of nitrogens with zero attached hydrogens (tertiary/aromatic N) is 4. The molecule has 4 rings (SSSR count). The number of carbonyl (C=O) groups is 1. The van der Waals surface area contributed by atoms with Crippen LogP contribution in [0.15, 0.2) is 58.6 Å². The van der Waals surface area contributed by atoms with Crippen molar-refractivity contribution in [2.45, 2.75) is 35.6 Å². The summed E-state index contributed by atoms with van der Waals surface area (Å²) in [5.74, 6) is 7.10. The SMILES string of the molecule is Cc1ccc(-c2nnc(SCC(=O)N3CCC(C)Sc4ccccc43)n2N)cc1. The predicted octanol–water partition coefficient (Wildman–Crippen LogP) is 3.98. The van der Waals surface area contributed by atoms with Crippen molar-refractivity contribution in [3.05, 3.63) is 54.1 Å². The fraction of sp³-hybridized carbons (Fsp3) is 0.286. The molecule has 6 nitrogen and oxygen atoms in total. The first-order valence-corrected chi connectivity index (χ1v) is 11.4. The molecule has 0 saturated carbocycles. The van der Waals surface area contributed by atoms with Crippen LogP contribution in [0, 0.1) is 6.92 Å². The van der Waals surface area contributed by atoms with Gasteiger partial charge in [-0.3, -0.25) is 4.79 Å². The minimum Gasteiger partial charge on any atom is -0.335 e. The van der Waals surface area contributed by atoms with Crippen molar-refractivity contribution in [1.82, 2.24) is 14.9 Å². The van der Waals surface area contributed by atoms with Gasteiger partial charge in [0, 0.05) is 22.3 Å². The summed E-state index contributed by atoms with van der Waals surface area (Å²) >= 11 is 3.14. The number of aryl methyl sites for hydroxylation is 1. The Labute approximate surface area is 178 Å². The van der Waals surface area contributed by atoms with E-state index in [2.05, 4.69) is 23.2 Å². The third-order valence-electron chi connectivity index (χ3n) is 4.84. The molecule has 3 aromatic rings. The molecule has 0 bridgehead atoms. The van der Waals surface area contributed by atoms with Gasteiger partial charge in [0.25, 0.3) is 0 Å². The first-order chi connectivity index (χ1) is 14.0. The van der Waals surface area contributed by atoms with Crippen molar-refractivity contribution >= 4 is 35.1 Å². The van der Waals surface area contributed by atoms with Crippen LogP contribution in [0.5, 0.6) is 0 Å². The van der Waals surface area contributed by atoms with E-state index in [1.54, 1.807) is 0 Å². The van der Waals surface area contributed by atoms with Crippen LogP contribution < -0.4 is 10.7 Å². The van der Waals surface area contributed by atoms with Crippen molar-refractivity contribution in [3.8, 4) is 11.4 Å². The summed E-state index contributed by atoms with van der Waals surface area (Å²) in [5.41, 5.74) is 3.06. The van der Waals surface area contributed by atoms with Gasteiger partial charge in [-0.2, -0.15) is 0 Å². The van der Waals surface area contributed by atoms with Gasteiger partial charge in [-0.25, -0.2) is 4.68 Å². The number of thioether (sulfide) groups is 2. The highest BCUT2D eigenvalue weighted by Gasteiger charge is 2.24. The third kappa shape index (κ3) is 4.28. The number of aromatic nitrogens is 3. The summed E-state index contributed by atoms with van der Waals surface area (Å²) in [6.45, 7) is 4.95. The van der Waals surface area contributed by atoms with Crippen LogP contribution in [-0.4, -0.2) is 38.3 Å². The monoisotopic (exact) mass is 425 g/mol. The zero-order valence-corrected chi connectivity index (χ0v) is 18.0. The maximum absolute atomic E-state index is 13.0. The predicted molar refractivity (Wildman–Crippen MR) is 120 cm³/mol. The summed E-state index contributed by atoms with van der Waals surface area (Å²) in [6, 6.07) is 16.1. The van der Waals surface area contributed by atoms with Crippen molar-refractivity contribution in [2.24, 2.45) is 0 Å². The molecule has 0 fully saturated rings. The summed E-state index contributed by atoms with van der Waals surface area (Å²) < 4.78 is 1.46. The van der Waals surface area contributed by atoms with E-state index in [1.807, 2.05) is 66.1 Å². The summed E-state index contributed by atoms with van der Waals surface area (Å²) in [5, 5.41) is 9.39. The Morgan fingerprint density at radius 1 is 1.21 bits per heavy atom. The number of carbonyl (C=O) groups excluding carboxylic acids is 1. The number of amides is 1. The highest BCUT2D eigenvalue weighted by atomic mass is 32.2. The lowest BCUT2D eigenvalue weighted by molar-refractivity contribution is -0.116. The van der Waals surface area contributed by atoms with Gasteiger partial charge in [-0.1, -0.05) is 60.6 Å². The van der Waals surface area contributed by atoms with E-state index >= 15 is 0 Å². The fourth-order valence-electron chi connectivity index (χ4n) is 3.23. The number of anilines is 1. The second-order valence-electron chi connectivity index (χ2n) is 7.06. The van der Waals surface area contributed by atoms with Crippen LogP contribution in [0.4, 0.5) is 5.69 Å². The Bertz CT molecular complexity index is 1020. The van der Waals surface area contributed by atoms with Crippen LogP contribution >= 0.6 is 23.5 Å². The van der Waals surface area contributed by atoms with E-state index in [1.165, 1.54) is 22.0 Å². The van der Waals surface area contributed by atoms with Crippen LogP contribution in [0.1, 0.15) is 18.9 Å². The second-order valence-corrected chi connectivity index (χ2v) is 9.48. The number of nitrogen functional groups attached to an aromatic ring is 1. The maximum Gasteiger partial charge on any atom is 0.237 e. The number of hydrogen-bond donors (Lipinski definition) is 1. The molecule has 0 aliphatic carbocycles. The average molecular weight is 426 g/mol. The standard InChI is InChI=1S/C21H23N5OS2/c1-14-7-9-16(10-8-14)20-23-24-21(26(20)22)28-13-19(27)25-12-11-15(2)29-18-6-4-3-5-17(18)25/h3-10,15H,11-13,22H2,1-2H3. The van der Waals surface area contributed by atoms with Crippen molar-refractivity contribution in [2.75, 3.05) is 23.0 Å². The topological polar surface area (TPSA) is 77.0 Å². The van der Waals surface area contributed by atoms with Crippen LogP contribution in [0.2, 0.25) is 0 Å². The molecule has 29 heavy (non-hydrogen) atoms. The second kappa shape index (κ2) is 8.51. The number of hydrogen-bond acceptors (Lipinski definition) is 6. The Balaban J connectivity index is 1.48. The molecule has 1 aliphatic rings. The minimum atomic E-state index is 0.0528. The summed E-state index contributed by atoms with van der Waals surface area (Å²) in [4.78, 5) is 16.1. The molecule has 2 heterocycles. The third-order valence-corrected chi connectivity index (χ3v) is 7.01. The van der Waals surface area contributed by atoms with E-state index in [9.17, 15) is 4.79 Å². The van der Waals surface area contributed by atoms with Gasteiger partial charge in [0.1, 0.15) is 0 Å². The average Bonchev–Trinajstić information content (AvgIpc) is 2.98. The molecule has 1 atom stereocenters. The molecule has 0 saturated heterocycles. The quantitative estimate of drug-likeness (QED) is 0.503. The smallest absolute Gasteiger partial charge is 0.237 e. The molecule has 8 heteroatoms. The van der Waals surface area contributed by atoms with Gasteiger partial charge >= 0.3 is 0 Å². The van der Waals surface area contributed by atoms with Crippen LogP contribution in [-0.2, 0) is 4.79 Å². The number of nitrogens with two attached hydrogens (primary N) is 1. The first-order valence-electron chi connectivity index (χ1n) is 9.49. The van der Waals surface area contributed by atoms with Gasteiger partial charge in [-0.05, 0) is 25.5 Å². The highest BCUT2D eigenvalue weighted by Crippen LogP contribution is 2.37. The zero-order chi connectivity index (χ0) is 20.4. The molecule has 150 valence electrons. The molecule has 2 N–H and O–H groups in total. The van der Waals surface area contributed by atoms with E-state index in [0.717, 1.165) is 22.6 Å². The highest BCUT2D eigenvalue weighted by molar-refractivity contribution is 8.00. The van der Waals surface area contributed by atoms with Gasteiger partial charge in [-0.15, -0.1) is 22.0 Å². The van der Waals surface area contributed by atoms with Crippen LogP contribution in [0.3, 0.4) is 0 Å². The Kier molecular flexibility index (Phi) is 5.82. The lowest BCUT2D eigenvalue weighted by atomic mass is 10.1. The van der Waals surface area contributed by atoms with Crippen molar-refractivity contribution in [1.29, 1.82) is 0 Å². The maximum atomic E-state index is 13.0. The van der Waals surface area contributed by atoms with E-state index in [0.29, 0.717) is 22.8 Å². The Morgan fingerprint density at radius 3 is 2.76 bits per heavy atom. The number of para-hydroxylation sites is 1. The molecule has 1 aliphatic heterocycles. The van der Waals surface area contributed by atoms with E-state index < -0.39 is 0 Å². The van der Waals surface area contributed by atoms with Gasteiger partial charge in [0.15, 0.2) is 5.82 Å². The van der Waals surface area contributed by atoms with Gasteiger partial charge in [0.05, 0.1) is 11.4 Å². The molecule has 1 amide bonds. The lowest BCUT2D eigenvalue weighted by Gasteiger charge is -2.22. The molecule has 0 radical (unpaired) electrons. The summed E-state index contributed by atoms with van der Waals surface area (Å²) in [7, 11) is 0. The fourth-order valence-corrected chi connectivity index (χ4v) is 5.07. The minimum absolute atomic E-state index is 0.0528. The van der Waals surface area contributed by atoms with Gasteiger partial charge in [0.2, 0.25) is 11.1 Å². The van der Waals surface area contributed by atoms with E-state index in [4.69, 9.17) is 5.84 Å². The van der Waals surface area contributed by atoms with Gasteiger partial charge < -0.3 is 10.7 Å². The van der Waals surface area contributed by atoms with E-state index in [-0.39, 0.29) is 11.7 Å². The van der Waals surface area contributed by atoms with Crippen molar-refractivity contribution in [3.63, 3.8) is 0 Å². The molecular weight excluding hydrogens is 402 g/mol. The first kappa shape index (κ1) is 19.8. The normalized spacial score (nSPS) is 16.3. The number of rotatable bonds is 4. The number of fused-ring (bicyclic) bond motifs is 1. The van der Waals surface area contributed by atoms with Crippen molar-refractivity contribution < 1.29 is 4.79 Å². The number of benzene rings is 2. The largest absolute Gasteiger partial charge is 0.335 e. The Morgan fingerprint density at radius 2 is 1.97 bits per heavy atom. The molecule has 2 aromatic carbocycles. The van der Waals surface area contributed by atoms with Crippen LogP contribution in [0.25, 0.3) is 11.4 Å². The Hall–Kier alpha value is -2.45. The molecule has 0 spiro atoms. The zero-order valence-electron chi connectivity index (χ0n) is 16.4. The molecule has 1 unspecified atom stereocenters.